The van der Waals surface area contributed by atoms with E-state index >= 15 is 0 Å². The minimum absolute atomic E-state index is 0.0566. The fourth-order valence-corrected chi connectivity index (χ4v) is 3.48. The van der Waals surface area contributed by atoms with Crippen LogP contribution in [0.2, 0.25) is 0 Å². The molecule has 0 aromatic rings. The number of hydrogen-bond acceptors (Lipinski definition) is 2. The van der Waals surface area contributed by atoms with Crippen molar-refractivity contribution in [3.63, 3.8) is 0 Å². The zero-order valence-corrected chi connectivity index (χ0v) is 10.3. The average Bonchev–Trinajstić information content (AvgIpc) is 2.30. The predicted octanol–water partition coefficient (Wildman–Crippen LogP) is 3.15. The molecule has 2 nitrogen and oxygen atoms in total. The van der Waals surface area contributed by atoms with Crippen molar-refractivity contribution in [2.45, 2.75) is 59.0 Å². The lowest BCUT2D eigenvalue weighted by molar-refractivity contribution is -0.193. The van der Waals surface area contributed by atoms with Crippen molar-refractivity contribution < 1.29 is 9.53 Å². The van der Waals surface area contributed by atoms with Gasteiger partial charge < -0.3 is 4.74 Å². The van der Waals surface area contributed by atoms with Crippen LogP contribution in [0.3, 0.4) is 0 Å². The lowest BCUT2D eigenvalue weighted by Gasteiger charge is -2.47. The highest BCUT2D eigenvalue weighted by molar-refractivity contribution is 5.75. The van der Waals surface area contributed by atoms with Crippen LogP contribution in [-0.2, 0) is 9.53 Å². The molecular weight excluding hydrogens is 188 g/mol. The summed E-state index contributed by atoms with van der Waals surface area (Å²) in [5, 5.41) is 0. The molecule has 1 aliphatic carbocycles. The zero-order chi connectivity index (χ0) is 11.3. The van der Waals surface area contributed by atoms with Crippen molar-refractivity contribution in [2.24, 2.45) is 17.3 Å². The summed E-state index contributed by atoms with van der Waals surface area (Å²) in [4.78, 5) is 11.9. The second kappa shape index (κ2) is 3.23. The Morgan fingerprint density at radius 3 is 2.67 bits per heavy atom. The van der Waals surface area contributed by atoms with Gasteiger partial charge in [-0.05, 0) is 32.1 Å². The van der Waals surface area contributed by atoms with E-state index in [-0.39, 0.29) is 22.9 Å². The van der Waals surface area contributed by atoms with Gasteiger partial charge in [-0.1, -0.05) is 27.2 Å². The summed E-state index contributed by atoms with van der Waals surface area (Å²) >= 11 is 0. The summed E-state index contributed by atoms with van der Waals surface area (Å²) in [6, 6.07) is 0. The Morgan fingerprint density at radius 2 is 2.07 bits per heavy atom. The first-order chi connectivity index (χ1) is 6.92. The highest BCUT2D eigenvalue weighted by Crippen LogP contribution is 2.59. The minimum Gasteiger partial charge on any atom is -0.459 e. The molecule has 86 valence electrons. The first-order valence-corrected chi connectivity index (χ1v) is 6.15. The molecule has 0 unspecified atom stereocenters. The number of carbonyl (C=O) groups excluding carboxylic acids is 1. The third-order valence-corrected chi connectivity index (χ3v) is 4.94. The molecule has 0 aromatic heterocycles. The van der Waals surface area contributed by atoms with Crippen LogP contribution < -0.4 is 0 Å². The van der Waals surface area contributed by atoms with Crippen LogP contribution in [0.15, 0.2) is 0 Å². The lowest BCUT2D eigenvalue weighted by atomic mass is 9.66. The van der Waals surface area contributed by atoms with Crippen LogP contribution in [0.4, 0.5) is 0 Å². The molecular formula is C13H22O2. The van der Waals surface area contributed by atoms with Crippen molar-refractivity contribution in [1.29, 1.82) is 0 Å². The Balaban J connectivity index is 2.30. The molecule has 0 radical (unpaired) electrons. The molecule has 1 heterocycles. The van der Waals surface area contributed by atoms with E-state index in [1.165, 1.54) is 0 Å². The molecule has 3 atom stereocenters. The molecule has 0 N–H and O–H groups in total. The van der Waals surface area contributed by atoms with E-state index in [1.807, 2.05) is 0 Å². The van der Waals surface area contributed by atoms with Gasteiger partial charge in [0.05, 0.1) is 5.92 Å². The molecule has 0 spiro atoms. The third kappa shape index (κ3) is 1.33. The van der Waals surface area contributed by atoms with E-state index in [4.69, 9.17) is 4.74 Å². The summed E-state index contributed by atoms with van der Waals surface area (Å²) in [5.74, 6) is 0.741. The van der Waals surface area contributed by atoms with Crippen molar-refractivity contribution in [3.05, 3.63) is 0 Å². The number of ether oxygens (including phenoxy) is 1. The molecule has 2 rings (SSSR count). The standard InChI is InChI=1S/C13H22O2/c1-5-6-9-10-7-8-13(4,12(10,2)3)15-11(9)14/h9-10H,5-8H2,1-4H3/t9-,10-,13-/m1/s1. The molecule has 1 saturated heterocycles. The Morgan fingerprint density at radius 1 is 1.40 bits per heavy atom. The Labute approximate surface area is 92.4 Å². The van der Waals surface area contributed by atoms with E-state index in [2.05, 4.69) is 27.7 Å². The largest absolute Gasteiger partial charge is 0.459 e. The zero-order valence-electron chi connectivity index (χ0n) is 10.3. The van der Waals surface area contributed by atoms with Crippen molar-refractivity contribution in [1.82, 2.24) is 0 Å². The van der Waals surface area contributed by atoms with E-state index in [9.17, 15) is 4.79 Å². The van der Waals surface area contributed by atoms with Crippen LogP contribution in [0, 0.1) is 17.3 Å². The lowest BCUT2D eigenvalue weighted by Crippen LogP contribution is -2.52. The second-order valence-corrected chi connectivity index (χ2v) is 5.91. The van der Waals surface area contributed by atoms with E-state index in [0.717, 1.165) is 25.7 Å². The summed E-state index contributed by atoms with van der Waals surface area (Å²) in [5.41, 5.74) is -0.0558. The maximum atomic E-state index is 11.9. The normalized spacial score (nSPS) is 42.8. The van der Waals surface area contributed by atoms with E-state index in [0.29, 0.717) is 5.92 Å². The van der Waals surface area contributed by atoms with Crippen LogP contribution in [0.1, 0.15) is 53.4 Å². The highest BCUT2D eigenvalue weighted by atomic mass is 16.6. The van der Waals surface area contributed by atoms with Gasteiger partial charge in [0.15, 0.2) is 0 Å². The molecule has 2 heteroatoms. The van der Waals surface area contributed by atoms with Gasteiger partial charge in [-0.3, -0.25) is 4.79 Å². The van der Waals surface area contributed by atoms with Crippen LogP contribution in [0.25, 0.3) is 0 Å². The summed E-state index contributed by atoms with van der Waals surface area (Å²) < 4.78 is 5.71. The fraction of sp³-hybridized carbons (Fsp3) is 0.923. The minimum atomic E-state index is -0.209. The SMILES string of the molecule is CCC[C@H]1C(=O)O[C@]2(C)CC[C@H]1C2(C)C. The van der Waals surface area contributed by atoms with E-state index in [1.54, 1.807) is 0 Å². The summed E-state index contributed by atoms with van der Waals surface area (Å²) in [6.45, 7) is 8.77. The summed E-state index contributed by atoms with van der Waals surface area (Å²) in [7, 11) is 0. The van der Waals surface area contributed by atoms with Crippen molar-refractivity contribution in [2.75, 3.05) is 0 Å². The number of esters is 1. The average molecular weight is 210 g/mol. The smallest absolute Gasteiger partial charge is 0.309 e. The molecule has 1 aliphatic heterocycles. The molecule has 2 bridgehead atoms. The first-order valence-electron chi connectivity index (χ1n) is 6.15. The van der Waals surface area contributed by atoms with Gasteiger partial charge in [0.25, 0.3) is 0 Å². The molecule has 1 saturated carbocycles. The summed E-state index contributed by atoms with van der Waals surface area (Å²) in [6.07, 6.45) is 4.25. The number of rotatable bonds is 2. The predicted molar refractivity (Wildman–Crippen MR) is 59.4 cm³/mol. The van der Waals surface area contributed by atoms with Crippen LogP contribution in [-0.4, -0.2) is 11.6 Å². The molecule has 2 aliphatic rings. The quantitative estimate of drug-likeness (QED) is 0.654. The van der Waals surface area contributed by atoms with Crippen LogP contribution >= 0.6 is 0 Å². The van der Waals surface area contributed by atoms with Crippen LogP contribution in [0.5, 0.6) is 0 Å². The van der Waals surface area contributed by atoms with Gasteiger partial charge >= 0.3 is 5.97 Å². The van der Waals surface area contributed by atoms with Gasteiger partial charge in [-0.2, -0.15) is 0 Å². The van der Waals surface area contributed by atoms with Gasteiger partial charge in [0, 0.05) is 5.41 Å². The Bertz CT molecular complexity index is 282. The second-order valence-electron chi connectivity index (χ2n) is 5.91. The fourth-order valence-electron chi connectivity index (χ4n) is 3.48. The molecule has 2 fully saturated rings. The van der Waals surface area contributed by atoms with Gasteiger partial charge in [0.2, 0.25) is 0 Å². The van der Waals surface area contributed by atoms with Crippen molar-refractivity contribution >= 4 is 5.97 Å². The first kappa shape index (κ1) is 11.0. The van der Waals surface area contributed by atoms with Gasteiger partial charge in [-0.25, -0.2) is 0 Å². The maximum absolute atomic E-state index is 11.9. The Kier molecular flexibility index (Phi) is 2.36. The van der Waals surface area contributed by atoms with E-state index < -0.39 is 0 Å². The Hall–Kier alpha value is -0.530. The maximum Gasteiger partial charge on any atom is 0.309 e. The highest BCUT2D eigenvalue weighted by Gasteiger charge is 2.61. The monoisotopic (exact) mass is 210 g/mol. The van der Waals surface area contributed by atoms with Crippen molar-refractivity contribution in [3.8, 4) is 0 Å². The topological polar surface area (TPSA) is 26.3 Å². The van der Waals surface area contributed by atoms with Gasteiger partial charge in [0.1, 0.15) is 5.60 Å². The molecule has 0 aromatic carbocycles. The van der Waals surface area contributed by atoms with Gasteiger partial charge in [-0.15, -0.1) is 0 Å². The number of carbonyl (C=O) groups is 1. The molecule has 0 amide bonds. The third-order valence-electron chi connectivity index (χ3n) is 4.94. The number of fused-ring (bicyclic) bond motifs is 2. The molecule has 15 heavy (non-hydrogen) atoms. The number of hydrogen-bond donors (Lipinski definition) is 0.